The van der Waals surface area contributed by atoms with Gasteiger partial charge in [0, 0.05) is 23.6 Å². The van der Waals surface area contributed by atoms with Crippen LogP contribution in [-0.4, -0.2) is 9.55 Å². The van der Waals surface area contributed by atoms with Crippen LogP contribution in [0.3, 0.4) is 0 Å². The maximum absolute atomic E-state index is 12.8. The molecule has 1 heterocycles. The van der Waals surface area contributed by atoms with Crippen molar-refractivity contribution >= 4 is 5.82 Å². The molecule has 1 aromatic heterocycles. The van der Waals surface area contributed by atoms with Gasteiger partial charge >= 0.3 is 0 Å². The number of hydrogen-bond donors (Lipinski definition) is 1. The molecule has 114 valence electrons. The number of rotatable bonds is 5. The summed E-state index contributed by atoms with van der Waals surface area (Å²) in [5.41, 5.74) is 7.42. The molecule has 0 unspecified atom stereocenters. The van der Waals surface area contributed by atoms with Gasteiger partial charge in [0.05, 0.1) is 0 Å². The average molecular weight is 293 g/mol. The number of nitrogen functional groups attached to an aromatic ring is 1. The minimum atomic E-state index is -2.49. The van der Waals surface area contributed by atoms with E-state index in [2.05, 4.69) is 11.9 Å². The Labute approximate surface area is 123 Å². The van der Waals surface area contributed by atoms with E-state index >= 15 is 0 Å². The van der Waals surface area contributed by atoms with Gasteiger partial charge in [-0.3, -0.25) is 0 Å². The summed E-state index contributed by atoms with van der Waals surface area (Å²) >= 11 is 0. The number of aromatic nitrogens is 2. The molecular formula is C16H21F2N3. The zero-order chi connectivity index (χ0) is 15.6. The van der Waals surface area contributed by atoms with E-state index in [0.717, 1.165) is 18.8 Å². The van der Waals surface area contributed by atoms with Crippen LogP contribution in [0, 0.1) is 0 Å². The molecule has 1 aromatic carbocycles. The molecule has 0 radical (unpaired) electrons. The second-order valence-electron chi connectivity index (χ2n) is 5.44. The standard InChI is InChI=1S/C16H21F2N3/c1-4-8-21-15(19)13(20-16(21)10(2)3)11-6-5-7-12(9-11)14(17)18/h5-7,9-10,14H,4,8,19H2,1-3H3. The molecule has 0 atom stereocenters. The average Bonchev–Trinajstić information content (AvgIpc) is 2.77. The molecule has 0 aliphatic heterocycles. The van der Waals surface area contributed by atoms with Crippen molar-refractivity contribution in [2.45, 2.75) is 46.1 Å². The summed E-state index contributed by atoms with van der Waals surface area (Å²) in [5, 5.41) is 0. The van der Waals surface area contributed by atoms with Crippen LogP contribution in [0.5, 0.6) is 0 Å². The van der Waals surface area contributed by atoms with Crippen molar-refractivity contribution in [2.24, 2.45) is 0 Å². The van der Waals surface area contributed by atoms with E-state index in [1.165, 1.54) is 12.1 Å². The van der Waals surface area contributed by atoms with E-state index in [9.17, 15) is 8.78 Å². The van der Waals surface area contributed by atoms with Gasteiger partial charge in [0.2, 0.25) is 0 Å². The van der Waals surface area contributed by atoms with Gasteiger partial charge in [-0.15, -0.1) is 0 Å². The Balaban J connectivity index is 2.54. The molecule has 0 amide bonds. The summed E-state index contributed by atoms with van der Waals surface area (Å²) in [6, 6.07) is 6.26. The van der Waals surface area contributed by atoms with E-state index in [1.54, 1.807) is 12.1 Å². The number of nitrogens with two attached hydrogens (primary N) is 1. The van der Waals surface area contributed by atoms with Gasteiger partial charge in [-0.05, 0) is 12.5 Å². The first-order valence-electron chi connectivity index (χ1n) is 7.20. The van der Waals surface area contributed by atoms with E-state index in [-0.39, 0.29) is 11.5 Å². The zero-order valence-corrected chi connectivity index (χ0v) is 12.6. The van der Waals surface area contributed by atoms with Gasteiger partial charge in [0.1, 0.15) is 17.3 Å². The normalized spacial score (nSPS) is 11.6. The third-order valence-electron chi connectivity index (χ3n) is 3.41. The number of nitrogens with zero attached hydrogens (tertiary/aromatic N) is 2. The smallest absolute Gasteiger partial charge is 0.263 e. The maximum Gasteiger partial charge on any atom is 0.263 e. The quantitative estimate of drug-likeness (QED) is 0.875. The molecule has 2 N–H and O–H groups in total. The van der Waals surface area contributed by atoms with Crippen LogP contribution in [0.4, 0.5) is 14.6 Å². The van der Waals surface area contributed by atoms with E-state index in [0.29, 0.717) is 17.1 Å². The Morgan fingerprint density at radius 2 is 2.00 bits per heavy atom. The molecule has 0 aliphatic carbocycles. The fourth-order valence-corrected chi connectivity index (χ4v) is 2.42. The predicted molar refractivity (Wildman–Crippen MR) is 81.4 cm³/mol. The molecule has 0 aliphatic rings. The van der Waals surface area contributed by atoms with Crippen LogP contribution >= 0.6 is 0 Å². The fraction of sp³-hybridized carbons (Fsp3) is 0.438. The SMILES string of the molecule is CCCn1c(C(C)C)nc(-c2cccc(C(F)F)c2)c1N. The van der Waals surface area contributed by atoms with Crippen molar-refractivity contribution in [3.8, 4) is 11.3 Å². The van der Waals surface area contributed by atoms with Crippen LogP contribution in [0.2, 0.25) is 0 Å². The minimum absolute atomic E-state index is 0.0111. The molecule has 0 saturated carbocycles. The molecule has 0 saturated heterocycles. The van der Waals surface area contributed by atoms with Crippen molar-refractivity contribution in [3.63, 3.8) is 0 Å². The Morgan fingerprint density at radius 3 is 2.57 bits per heavy atom. The highest BCUT2D eigenvalue weighted by atomic mass is 19.3. The molecule has 2 aromatic rings. The summed E-state index contributed by atoms with van der Waals surface area (Å²) in [6.45, 7) is 6.95. The van der Waals surface area contributed by atoms with Crippen molar-refractivity contribution in [3.05, 3.63) is 35.7 Å². The predicted octanol–water partition coefficient (Wildman–Crippen LogP) is 4.60. The lowest BCUT2D eigenvalue weighted by atomic mass is 10.1. The molecule has 0 spiro atoms. The van der Waals surface area contributed by atoms with Crippen LogP contribution in [-0.2, 0) is 6.54 Å². The molecule has 0 fully saturated rings. The van der Waals surface area contributed by atoms with Gasteiger partial charge in [0.25, 0.3) is 6.43 Å². The number of alkyl halides is 2. The van der Waals surface area contributed by atoms with Crippen LogP contribution < -0.4 is 5.73 Å². The molecule has 5 heteroatoms. The highest BCUT2D eigenvalue weighted by molar-refractivity contribution is 5.71. The highest BCUT2D eigenvalue weighted by Gasteiger charge is 2.18. The van der Waals surface area contributed by atoms with Crippen LogP contribution in [0.25, 0.3) is 11.3 Å². The van der Waals surface area contributed by atoms with Gasteiger partial charge in [-0.2, -0.15) is 0 Å². The van der Waals surface area contributed by atoms with E-state index in [1.807, 2.05) is 18.4 Å². The lowest BCUT2D eigenvalue weighted by Gasteiger charge is -2.10. The molecule has 21 heavy (non-hydrogen) atoms. The molecule has 2 rings (SSSR count). The third-order valence-corrected chi connectivity index (χ3v) is 3.41. The fourth-order valence-electron chi connectivity index (χ4n) is 2.42. The first kappa shape index (κ1) is 15.5. The van der Waals surface area contributed by atoms with E-state index in [4.69, 9.17) is 5.73 Å². The Morgan fingerprint density at radius 1 is 1.29 bits per heavy atom. The number of benzene rings is 1. The number of anilines is 1. The summed E-state index contributed by atoms with van der Waals surface area (Å²) < 4.78 is 27.7. The Bertz CT molecular complexity index is 618. The first-order valence-corrected chi connectivity index (χ1v) is 7.20. The summed E-state index contributed by atoms with van der Waals surface area (Å²) in [4.78, 5) is 4.59. The van der Waals surface area contributed by atoms with Crippen LogP contribution in [0.1, 0.15) is 50.9 Å². The van der Waals surface area contributed by atoms with Crippen molar-refractivity contribution in [2.75, 3.05) is 5.73 Å². The van der Waals surface area contributed by atoms with Gasteiger partial charge in [-0.1, -0.05) is 39.0 Å². The molecule has 3 nitrogen and oxygen atoms in total. The van der Waals surface area contributed by atoms with Crippen molar-refractivity contribution in [1.82, 2.24) is 9.55 Å². The van der Waals surface area contributed by atoms with Gasteiger partial charge in [-0.25, -0.2) is 13.8 Å². The summed E-state index contributed by atoms with van der Waals surface area (Å²) in [5.74, 6) is 1.67. The Kier molecular flexibility index (Phi) is 4.60. The summed E-state index contributed by atoms with van der Waals surface area (Å²) in [6.07, 6.45) is -1.55. The summed E-state index contributed by atoms with van der Waals surface area (Å²) in [7, 11) is 0. The first-order chi connectivity index (χ1) is 9.95. The topological polar surface area (TPSA) is 43.8 Å². The van der Waals surface area contributed by atoms with Crippen LogP contribution in [0.15, 0.2) is 24.3 Å². The van der Waals surface area contributed by atoms with Gasteiger partial charge in [0.15, 0.2) is 0 Å². The van der Waals surface area contributed by atoms with E-state index < -0.39 is 6.43 Å². The number of imidazole rings is 1. The lowest BCUT2D eigenvalue weighted by molar-refractivity contribution is 0.151. The largest absolute Gasteiger partial charge is 0.383 e. The van der Waals surface area contributed by atoms with Gasteiger partial charge < -0.3 is 10.3 Å². The number of halogens is 2. The monoisotopic (exact) mass is 293 g/mol. The highest BCUT2D eigenvalue weighted by Crippen LogP contribution is 2.31. The third kappa shape index (κ3) is 3.06. The zero-order valence-electron chi connectivity index (χ0n) is 12.6. The van der Waals surface area contributed by atoms with Crippen molar-refractivity contribution < 1.29 is 8.78 Å². The lowest BCUT2D eigenvalue weighted by Crippen LogP contribution is -2.08. The van der Waals surface area contributed by atoms with Crippen molar-refractivity contribution in [1.29, 1.82) is 0 Å². The second-order valence-corrected chi connectivity index (χ2v) is 5.44. The molecular weight excluding hydrogens is 272 g/mol. The molecule has 0 bridgehead atoms. The second kappa shape index (κ2) is 6.24. The Hall–Kier alpha value is -1.91. The minimum Gasteiger partial charge on any atom is -0.383 e. The number of hydrogen-bond acceptors (Lipinski definition) is 2. The maximum atomic E-state index is 12.8.